The van der Waals surface area contributed by atoms with E-state index in [2.05, 4.69) is 15.8 Å². The maximum absolute atomic E-state index is 11.8. The molecule has 0 N–H and O–H groups in total. The standard InChI is InChI=1S/C8H6N3O2S/c12-14(13,8-6-9-11-10-8)7-4-2-1-3-5-7/h1-6H. The Morgan fingerprint density at radius 2 is 1.79 bits per heavy atom. The molecule has 0 atom stereocenters. The van der Waals surface area contributed by atoms with Crippen LogP contribution in [-0.4, -0.2) is 8.42 Å². The monoisotopic (exact) mass is 208 g/mol. The Balaban J connectivity index is 2.44. The van der Waals surface area contributed by atoms with Gasteiger partial charge in [-0.05, 0) is 17.4 Å². The average molecular weight is 208 g/mol. The van der Waals surface area contributed by atoms with Crippen molar-refractivity contribution in [2.45, 2.75) is 4.90 Å². The SMILES string of the molecule is O=S(=O)(C1=CN=N[N]1)c1ccccc1. The molecule has 2 rings (SSSR count). The third kappa shape index (κ3) is 1.39. The van der Waals surface area contributed by atoms with Gasteiger partial charge in [-0.2, -0.15) is 0 Å². The Labute approximate surface area is 81.1 Å². The third-order valence-electron chi connectivity index (χ3n) is 1.69. The fraction of sp³-hybridized carbons (Fsp3) is 0. The van der Waals surface area contributed by atoms with E-state index in [-0.39, 0.29) is 9.92 Å². The molecule has 0 saturated heterocycles. The summed E-state index contributed by atoms with van der Waals surface area (Å²) in [4.78, 5) is 0.197. The molecule has 1 aromatic rings. The first-order valence-corrected chi connectivity index (χ1v) is 5.31. The molecule has 6 heteroatoms. The van der Waals surface area contributed by atoms with Crippen molar-refractivity contribution in [3.63, 3.8) is 0 Å². The molecule has 0 aliphatic carbocycles. The second-order valence-electron chi connectivity index (χ2n) is 2.59. The van der Waals surface area contributed by atoms with Crippen LogP contribution in [-0.2, 0) is 9.84 Å². The smallest absolute Gasteiger partial charge is 0.217 e. The normalized spacial score (nSPS) is 15.0. The molecule has 0 unspecified atom stereocenters. The zero-order valence-electron chi connectivity index (χ0n) is 7.03. The molecule has 1 aliphatic rings. The van der Waals surface area contributed by atoms with Crippen molar-refractivity contribution in [1.82, 2.24) is 5.43 Å². The van der Waals surface area contributed by atoms with Crippen LogP contribution in [0.1, 0.15) is 0 Å². The predicted octanol–water partition coefficient (Wildman–Crippen LogP) is 1.24. The molecular formula is C8H6N3O2S. The van der Waals surface area contributed by atoms with Crippen LogP contribution in [0.3, 0.4) is 0 Å². The van der Waals surface area contributed by atoms with Crippen molar-refractivity contribution in [1.29, 1.82) is 0 Å². The van der Waals surface area contributed by atoms with Crippen LogP contribution >= 0.6 is 0 Å². The first kappa shape index (κ1) is 8.89. The van der Waals surface area contributed by atoms with Gasteiger partial charge in [0, 0.05) is 0 Å². The minimum atomic E-state index is -3.53. The molecule has 5 nitrogen and oxygen atoms in total. The molecule has 0 bridgehead atoms. The minimum Gasteiger partial charge on any atom is -0.217 e. The number of rotatable bonds is 2. The minimum absolute atomic E-state index is 0.122. The molecule has 0 spiro atoms. The van der Waals surface area contributed by atoms with E-state index in [1.165, 1.54) is 12.1 Å². The molecule has 0 aromatic heterocycles. The van der Waals surface area contributed by atoms with E-state index >= 15 is 0 Å². The highest BCUT2D eigenvalue weighted by molar-refractivity contribution is 7.95. The molecule has 0 fully saturated rings. The van der Waals surface area contributed by atoms with Gasteiger partial charge in [0.05, 0.1) is 11.1 Å². The van der Waals surface area contributed by atoms with Crippen LogP contribution in [0.15, 0.2) is 56.8 Å². The maximum Gasteiger partial charge on any atom is 0.227 e. The first-order chi connectivity index (χ1) is 6.71. The predicted molar refractivity (Wildman–Crippen MR) is 48.7 cm³/mol. The third-order valence-corrected chi connectivity index (χ3v) is 3.32. The molecular weight excluding hydrogens is 202 g/mol. The fourth-order valence-corrected chi connectivity index (χ4v) is 2.10. The largest absolute Gasteiger partial charge is 0.227 e. The molecule has 0 amide bonds. The summed E-state index contributed by atoms with van der Waals surface area (Å²) in [5, 5.41) is 6.49. The van der Waals surface area contributed by atoms with E-state index in [1.807, 2.05) is 0 Å². The van der Waals surface area contributed by atoms with Crippen molar-refractivity contribution >= 4 is 9.84 Å². The van der Waals surface area contributed by atoms with Crippen LogP contribution in [0.5, 0.6) is 0 Å². The number of hydrogen-bond donors (Lipinski definition) is 0. The maximum atomic E-state index is 11.8. The lowest BCUT2D eigenvalue weighted by molar-refractivity contribution is 0.598. The summed E-state index contributed by atoms with van der Waals surface area (Å²) in [5.74, 6) is 0. The van der Waals surface area contributed by atoms with Crippen LogP contribution in [0.25, 0.3) is 0 Å². The zero-order chi connectivity index (χ0) is 10.0. The van der Waals surface area contributed by atoms with Gasteiger partial charge < -0.3 is 0 Å². The van der Waals surface area contributed by atoms with Crippen molar-refractivity contribution in [2.24, 2.45) is 10.3 Å². The lowest BCUT2D eigenvalue weighted by atomic mass is 10.4. The van der Waals surface area contributed by atoms with Gasteiger partial charge in [-0.15, -0.1) is 10.5 Å². The molecule has 1 aromatic carbocycles. The Morgan fingerprint density at radius 3 is 2.36 bits per heavy atom. The Hall–Kier alpha value is -1.69. The van der Waals surface area contributed by atoms with Crippen molar-refractivity contribution in [3.05, 3.63) is 41.6 Å². The van der Waals surface area contributed by atoms with E-state index in [0.29, 0.717) is 0 Å². The van der Waals surface area contributed by atoms with Crippen LogP contribution in [0.2, 0.25) is 0 Å². The van der Waals surface area contributed by atoms with Crippen molar-refractivity contribution in [2.75, 3.05) is 0 Å². The first-order valence-electron chi connectivity index (χ1n) is 3.82. The van der Waals surface area contributed by atoms with Gasteiger partial charge in [0.15, 0.2) is 0 Å². The second-order valence-corrected chi connectivity index (χ2v) is 4.49. The molecule has 14 heavy (non-hydrogen) atoms. The Bertz CT molecular complexity index is 491. The molecule has 71 valence electrons. The van der Waals surface area contributed by atoms with E-state index in [0.717, 1.165) is 6.20 Å². The van der Waals surface area contributed by atoms with Crippen LogP contribution < -0.4 is 5.43 Å². The van der Waals surface area contributed by atoms with Gasteiger partial charge >= 0.3 is 0 Å². The Kier molecular flexibility index (Phi) is 2.05. The van der Waals surface area contributed by atoms with E-state index in [4.69, 9.17) is 0 Å². The molecule has 1 heterocycles. The fourth-order valence-electron chi connectivity index (χ4n) is 1.01. The quantitative estimate of drug-likeness (QED) is 0.733. The van der Waals surface area contributed by atoms with Crippen LogP contribution in [0, 0.1) is 0 Å². The number of hydrogen-bond acceptors (Lipinski definition) is 4. The second kappa shape index (κ2) is 3.22. The summed E-state index contributed by atoms with van der Waals surface area (Å²) < 4.78 is 23.5. The van der Waals surface area contributed by atoms with Gasteiger partial charge in [-0.3, -0.25) is 0 Å². The zero-order valence-corrected chi connectivity index (χ0v) is 7.85. The summed E-state index contributed by atoms with van der Waals surface area (Å²) in [6.07, 6.45) is 1.13. The van der Waals surface area contributed by atoms with Gasteiger partial charge in [0.1, 0.15) is 0 Å². The summed E-state index contributed by atoms with van der Waals surface area (Å²) >= 11 is 0. The number of benzene rings is 1. The number of sulfone groups is 1. The van der Waals surface area contributed by atoms with Gasteiger partial charge in [0.2, 0.25) is 14.9 Å². The highest BCUT2D eigenvalue weighted by Crippen LogP contribution is 2.19. The highest BCUT2D eigenvalue weighted by atomic mass is 32.2. The van der Waals surface area contributed by atoms with Gasteiger partial charge in [-0.25, -0.2) is 8.42 Å². The number of nitrogens with zero attached hydrogens (tertiary/aromatic N) is 3. The van der Waals surface area contributed by atoms with Gasteiger partial charge in [0.25, 0.3) is 0 Å². The Morgan fingerprint density at radius 1 is 1.07 bits per heavy atom. The van der Waals surface area contributed by atoms with E-state index in [9.17, 15) is 8.42 Å². The highest BCUT2D eigenvalue weighted by Gasteiger charge is 2.23. The van der Waals surface area contributed by atoms with Crippen molar-refractivity contribution in [3.8, 4) is 0 Å². The summed E-state index contributed by atoms with van der Waals surface area (Å²) in [6, 6.07) is 8.05. The molecule has 1 aliphatic heterocycles. The molecule has 1 radical (unpaired) electrons. The lowest BCUT2D eigenvalue weighted by Crippen LogP contribution is -2.08. The average Bonchev–Trinajstić information content (AvgIpc) is 2.72. The van der Waals surface area contributed by atoms with E-state index in [1.54, 1.807) is 18.2 Å². The summed E-state index contributed by atoms with van der Waals surface area (Å²) in [5.41, 5.74) is 3.42. The van der Waals surface area contributed by atoms with Gasteiger partial charge in [-0.1, -0.05) is 18.2 Å². The van der Waals surface area contributed by atoms with Crippen LogP contribution in [0.4, 0.5) is 0 Å². The lowest BCUT2D eigenvalue weighted by Gasteiger charge is -2.01. The topological polar surface area (TPSA) is 73.0 Å². The van der Waals surface area contributed by atoms with Crippen molar-refractivity contribution < 1.29 is 8.42 Å². The summed E-state index contributed by atoms with van der Waals surface area (Å²) in [6.45, 7) is 0. The summed E-state index contributed by atoms with van der Waals surface area (Å²) in [7, 11) is -3.53. The molecule has 0 saturated carbocycles. The van der Waals surface area contributed by atoms with E-state index < -0.39 is 9.84 Å².